The molecule has 1 heterocycles. The van der Waals surface area contributed by atoms with Crippen LogP contribution in [0.5, 0.6) is 0 Å². The highest BCUT2D eigenvalue weighted by Crippen LogP contribution is 2.15. The van der Waals surface area contributed by atoms with Crippen molar-refractivity contribution in [2.45, 2.75) is 11.8 Å². The maximum absolute atomic E-state index is 11.4. The van der Waals surface area contributed by atoms with Gasteiger partial charge in [0.2, 0.25) is 10.0 Å². The second-order valence-electron chi connectivity index (χ2n) is 2.52. The van der Waals surface area contributed by atoms with Gasteiger partial charge in [-0.1, -0.05) is 6.92 Å². The minimum Gasteiger partial charge on any atom is -0.383 e. The normalized spacial score (nSPS) is 11.8. The van der Waals surface area contributed by atoms with E-state index in [2.05, 4.69) is 9.82 Å². The molecule has 1 rings (SSSR count). The minimum absolute atomic E-state index is 0.0249. The van der Waals surface area contributed by atoms with Crippen molar-refractivity contribution in [3.05, 3.63) is 6.20 Å². The monoisotopic (exact) mass is 204 g/mol. The molecule has 0 aliphatic heterocycles. The number of rotatable bonds is 3. The van der Waals surface area contributed by atoms with Crippen LogP contribution in [0.4, 0.5) is 5.82 Å². The summed E-state index contributed by atoms with van der Waals surface area (Å²) in [6.07, 6.45) is 1.23. The van der Waals surface area contributed by atoms with Crippen LogP contribution in [0, 0.1) is 0 Å². The lowest BCUT2D eigenvalue weighted by Gasteiger charge is -2.02. The number of aryl methyl sites for hydroxylation is 1. The maximum atomic E-state index is 11.4. The highest BCUT2D eigenvalue weighted by atomic mass is 32.2. The van der Waals surface area contributed by atoms with Gasteiger partial charge in [-0.15, -0.1) is 0 Å². The van der Waals surface area contributed by atoms with Crippen molar-refractivity contribution in [3.63, 3.8) is 0 Å². The fraction of sp³-hybridized carbons (Fsp3) is 0.500. The van der Waals surface area contributed by atoms with Crippen molar-refractivity contribution < 1.29 is 8.42 Å². The van der Waals surface area contributed by atoms with Crippen LogP contribution in [-0.2, 0) is 17.1 Å². The first-order chi connectivity index (χ1) is 5.99. The van der Waals surface area contributed by atoms with Crippen molar-refractivity contribution in [2.24, 2.45) is 7.05 Å². The lowest BCUT2D eigenvalue weighted by molar-refractivity contribution is 0.584. The lowest BCUT2D eigenvalue weighted by Crippen LogP contribution is -2.23. The molecule has 0 radical (unpaired) electrons. The van der Waals surface area contributed by atoms with Gasteiger partial charge in [-0.25, -0.2) is 13.1 Å². The van der Waals surface area contributed by atoms with Crippen LogP contribution < -0.4 is 10.5 Å². The molecule has 7 heteroatoms. The van der Waals surface area contributed by atoms with Crippen LogP contribution in [-0.4, -0.2) is 24.7 Å². The summed E-state index contributed by atoms with van der Waals surface area (Å²) >= 11 is 0. The summed E-state index contributed by atoms with van der Waals surface area (Å²) in [6, 6.07) is 0. The fourth-order valence-corrected chi connectivity index (χ4v) is 2.03. The molecular formula is C6H12N4O2S. The van der Waals surface area contributed by atoms with Crippen LogP contribution in [0.3, 0.4) is 0 Å². The largest absolute Gasteiger partial charge is 0.383 e. The summed E-state index contributed by atoms with van der Waals surface area (Å²) in [6.45, 7) is 2.03. The van der Waals surface area contributed by atoms with Crippen molar-refractivity contribution in [3.8, 4) is 0 Å². The molecule has 0 fully saturated rings. The van der Waals surface area contributed by atoms with E-state index < -0.39 is 10.0 Å². The first kappa shape index (κ1) is 10.0. The molecule has 0 saturated carbocycles. The molecule has 0 spiro atoms. The standard InChI is InChI=1S/C6H12N4O2S/c1-3-9-13(11,12)5-4-8-10(2)6(5)7/h4,9H,3,7H2,1-2H3. The van der Waals surface area contributed by atoms with E-state index >= 15 is 0 Å². The second kappa shape index (κ2) is 3.35. The molecule has 1 aromatic rings. The Morgan fingerprint density at radius 3 is 2.69 bits per heavy atom. The van der Waals surface area contributed by atoms with E-state index in [0.717, 1.165) is 0 Å². The van der Waals surface area contributed by atoms with Gasteiger partial charge in [0.15, 0.2) is 0 Å². The zero-order valence-electron chi connectivity index (χ0n) is 7.48. The predicted octanol–water partition coefficient (Wildman–Crippen LogP) is -0.700. The first-order valence-corrected chi connectivity index (χ1v) is 5.24. The Morgan fingerprint density at radius 1 is 1.69 bits per heavy atom. The molecule has 0 bridgehead atoms. The third-order valence-electron chi connectivity index (χ3n) is 1.57. The number of nitrogens with one attached hydrogen (secondary N) is 1. The van der Waals surface area contributed by atoms with E-state index in [4.69, 9.17) is 5.73 Å². The third kappa shape index (κ3) is 1.81. The SMILES string of the molecule is CCNS(=O)(=O)c1cnn(C)c1N. The Morgan fingerprint density at radius 2 is 2.31 bits per heavy atom. The molecule has 0 unspecified atom stereocenters. The Hall–Kier alpha value is -1.08. The molecular weight excluding hydrogens is 192 g/mol. The molecule has 0 saturated heterocycles. The van der Waals surface area contributed by atoms with Gasteiger partial charge >= 0.3 is 0 Å². The number of nitrogens with two attached hydrogens (primary N) is 1. The van der Waals surface area contributed by atoms with Gasteiger partial charge in [0, 0.05) is 13.6 Å². The van der Waals surface area contributed by atoms with Gasteiger partial charge in [0.25, 0.3) is 0 Å². The number of sulfonamides is 1. The van der Waals surface area contributed by atoms with Gasteiger partial charge in [0.1, 0.15) is 10.7 Å². The lowest BCUT2D eigenvalue weighted by atomic mass is 10.6. The Bertz CT molecular complexity index is 395. The second-order valence-corrected chi connectivity index (χ2v) is 4.25. The third-order valence-corrected chi connectivity index (χ3v) is 3.14. The molecule has 0 aromatic carbocycles. The van der Waals surface area contributed by atoms with Gasteiger partial charge in [-0.3, -0.25) is 4.68 Å². The maximum Gasteiger partial charge on any atom is 0.245 e. The van der Waals surface area contributed by atoms with Crippen molar-refractivity contribution >= 4 is 15.8 Å². The molecule has 1 aromatic heterocycles. The topological polar surface area (TPSA) is 90.0 Å². The summed E-state index contributed by atoms with van der Waals surface area (Å²) in [4.78, 5) is 0.0249. The Kier molecular flexibility index (Phi) is 2.58. The highest BCUT2D eigenvalue weighted by Gasteiger charge is 2.19. The zero-order chi connectivity index (χ0) is 10.1. The summed E-state index contributed by atoms with van der Waals surface area (Å²) in [5.74, 6) is 0.140. The van der Waals surface area contributed by atoms with Gasteiger partial charge in [0.05, 0.1) is 6.20 Å². The zero-order valence-corrected chi connectivity index (χ0v) is 8.30. The number of hydrogen-bond donors (Lipinski definition) is 2. The van der Waals surface area contributed by atoms with E-state index in [1.807, 2.05) is 0 Å². The van der Waals surface area contributed by atoms with Crippen LogP contribution in [0.2, 0.25) is 0 Å². The van der Waals surface area contributed by atoms with Crippen LogP contribution in [0.15, 0.2) is 11.1 Å². The summed E-state index contributed by atoms with van der Waals surface area (Å²) in [5, 5.41) is 3.74. The van der Waals surface area contributed by atoms with Crippen LogP contribution in [0.1, 0.15) is 6.92 Å². The highest BCUT2D eigenvalue weighted by molar-refractivity contribution is 7.89. The molecule has 3 N–H and O–H groups in total. The quantitative estimate of drug-likeness (QED) is 0.681. The molecule has 0 aliphatic carbocycles. The van der Waals surface area contributed by atoms with Crippen molar-refractivity contribution in [2.75, 3.05) is 12.3 Å². The molecule has 0 aliphatic rings. The van der Waals surface area contributed by atoms with E-state index in [-0.39, 0.29) is 10.7 Å². The molecule has 0 amide bonds. The summed E-state index contributed by atoms with van der Waals surface area (Å²) < 4.78 is 26.5. The number of anilines is 1. The fourth-order valence-electron chi connectivity index (χ4n) is 0.902. The average molecular weight is 204 g/mol. The van der Waals surface area contributed by atoms with Gasteiger partial charge in [-0.05, 0) is 0 Å². The Labute approximate surface area is 76.8 Å². The van der Waals surface area contributed by atoms with E-state index in [9.17, 15) is 8.42 Å². The predicted molar refractivity (Wildman–Crippen MR) is 48.5 cm³/mol. The number of nitrogen functional groups attached to an aromatic ring is 1. The molecule has 0 atom stereocenters. The van der Waals surface area contributed by atoms with E-state index in [1.165, 1.54) is 10.9 Å². The number of hydrogen-bond acceptors (Lipinski definition) is 4. The van der Waals surface area contributed by atoms with Gasteiger partial charge < -0.3 is 5.73 Å². The molecule has 74 valence electrons. The summed E-state index contributed by atoms with van der Waals surface area (Å²) in [5.41, 5.74) is 5.50. The van der Waals surface area contributed by atoms with Crippen molar-refractivity contribution in [1.82, 2.24) is 14.5 Å². The average Bonchev–Trinajstić information content (AvgIpc) is 2.33. The van der Waals surface area contributed by atoms with Crippen molar-refractivity contribution in [1.29, 1.82) is 0 Å². The summed E-state index contributed by atoms with van der Waals surface area (Å²) in [7, 11) is -1.89. The van der Waals surface area contributed by atoms with Crippen LogP contribution in [0.25, 0.3) is 0 Å². The first-order valence-electron chi connectivity index (χ1n) is 3.76. The van der Waals surface area contributed by atoms with E-state index in [0.29, 0.717) is 6.54 Å². The van der Waals surface area contributed by atoms with Gasteiger partial charge in [-0.2, -0.15) is 5.10 Å². The number of aromatic nitrogens is 2. The number of nitrogens with zero attached hydrogens (tertiary/aromatic N) is 2. The minimum atomic E-state index is -3.48. The molecule has 13 heavy (non-hydrogen) atoms. The Balaban J connectivity index is 3.15. The van der Waals surface area contributed by atoms with Crippen LogP contribution >= 0.6 is 0 Å². The smallest absolute Gasteiger partial charge is 0.245 e. The van der Waals surface area contributed by atoms with E-state index in [1.54, 1.807) is 14.0 Å². The molecule has 6 nitrogen and oxygen atoms in total.